The summed E-state index contributed by atoms with van der Waals surface area (Å²) >= 11 is 5.47. The van der Waals surface area contributed by atoms with E-state index in [4.69, 9.17) is 16.4 Å². The van der Waals surface area contributed by atoms with Crippen LogP contribution in [0.15, 0.2) is 18.2 Å². The number of rotatable bonds is 2. The summed E-state index contributed by atoms with van der Waals surface area (Å²) in [5.41, 5.74) is 0. The van der Waals surface area contributed by atoms with E-state index in [2.05, 4.69) is 0 Å². The maximum absolute atomic E-state index is 12.8. The van der Waals surface area contributed by atoms with Gasteiger partial charge in [-0.2, -0.15) is 5.06 Å². The lowest BCUT2D eigenvalue weighted by atomic mass is 10.3. The zero-order valence-corrected chi connectivity index (χ0v) is 7.60. The Morgan fingerprint density at radius 2 is 2.08 bits per heavy atom. The summed E-state index contributed by atoms with van der Waals surface area (Å²) in [5, 5.41) is 1.57. The summed E-state index contributed by atoms with van der Waals surface area (Å²) in [4.78, 5) is 5.08. The molecule has 0 amide bonds. The Hall–Kier alpha value is -0.800. The van der Waals surface area contributed by atoms with Crippen LogP contribution in [-0.2, 0) is 0 Å². The predicted molar refractivity (Wildman–Crippen MR) is 45.7 cm³/mol. The number of hydrogen-bond donors (Lipinski definition) is 0. The van der Waals surface area contributed by atoms with E-state index in [0.717, 1.165) is 0 Å². The van der Waals surface area contributed by atoms with Crippen LogP contribution < -0.4 is 4.84 Å². The first-order valence-corrected chi connectivity index (χ1v) is 3.78. The summed E-state index contributed by atoms with van der Waals surface area (Å²) in [6.45, 7) is 0. The quantitative estimate of drug-likeness (QED) is 0.663. The molecule has 0 aliphatic rings. The Morgan fingerprint density at radius 3 is 2.58 bits per heavy atom. The van der Waals surface area contributed by atoms with Gasteiger partial charge in [0.05, 0.1) is 5.02 Å². The molecule has 0 spiro atoms. The average Bonchev–Trinajstić information content (AvgIpc) is 1.96. The van der Waals surface area contributed by atoms with Gasteiger partial charge < -0.3 is 4.84 Å². The van der Waals surface area contributed by atoms with Gasteiger partial charge in [0, 0.05) is 20.2 Å². The van der Waals surface area contributed by atoms with E-state index >= 15 is 0 Å². The summed E-state index contributed by atoms with van der Waals surface area (Å²) in [7, 11) is 3.43. The normalized spacial score (nSPS) is 10.4. The molecule has 1 aromatic rings. The fraction of sp³-hybridized carbons (Fsp3) is 0.250. The van der Waals surface area contributed by atoms with Gasteiger partial charge in [0.2, 0.25) is 0 Å². The molecule has 2 nitrogen and oxygen atoms in total. The molecular formula is C8H9ClFNO. The van der Waals surface area contributed by atoms with Gasteiger partial charge in [0.15, 0.2) is 0 Å². The van der Waals surface area contributed by atoms with Gasteiger partial charge in [-0.3, -0.25) is 0 Å². The zero-order valence-electron chi connectivity index (χ0n) is 6.84. The Morgan fingerprint density at radius 1 is 1.42 bits per heavy atom. The summed E-state index contributed by atoms with van der Waals surface area (Å²) < 4.78 is 12.8. The highest BCUT2D eigenvalue weighted by Gasteiger charge is 2.02. The highest BCUT2D eigenvalue weighted by atomic mass is 35.5. The summed E-state index contributed by atoms with van der Waals surface area (Å²) in [6, 6.07) is 4.30. The molecule has 1 rings (SSSR count). The van der Waals surface area contributed by atoms with Crippen LogP contribution in [0.25, 0.3) is 0 Å². The lowest BCUT2D eigenvalue weighted by molar-refractivity contribution is -0.00354. The smallest absolute Gasteiger partial charge is 0.150 e. The second-order valence-corrected chi connectivity index (χ2v) is 2.89. The van der Waals surface area contributed by atoms with Crippen LogP contribution >= 0.6 is 11.6 Å². The van der Waals surface area contributed by atoms with Crippen LogP contribution in [0, 0.1) is 5.82 Å². The molecule has 0 radical (unpaired) electrons. The van der Waals surface area contributed by atoms with Crippen molar-refractivity contribution in [2.45, 2.75) is 0 Å². The van der Waals surface area contributed by atoms with E-state index in [1.165, 1.54) is 17.2 Å². The van der Waals surface area contributed by atoms with Crippen molar-refractivity contribution in [2.75, 3.05) is 14.1 Å². The minimum absolute atomic E-state index is 0.0982. The molecule has 0 heterocycles. The maximum atomic E-state index is 12.8. The van der Waals surface area contributed by atoms with Gasteiger partial charge in [-0.25, -0.2) is 4.39 Å². The maximum Gasteiger partial charge on any atom is 0.150 e. The highest BCUT2D eigenvalue weighted by Crippen LogP contribution is 2.20. The number of halogens is 2. The molecule has 4 heteroatoms. The number of hydrogen-bond acceptors (Lipinski definition) is 2. The first-order valence-electron chi connectivity index (χ1n) is 3.40. The molecule has 0 aliphatic heterocycles. The third kappa shape index (κ3) is 2.36. The number of hydroxylamine groups is 2. The molecule has 0 aliphatic carbocycles. The van der Waals surface area contributed by atoms with Crippen molar-refractivity contribution >= 4 is 11.6 Å². The Labute approximate surface area is 75.5 Å². The molecule has 1 aromatic carbocycles. The standard InChI is InChI=1S/C8H9ClFNO/c1-11(2)12-6-3-4-7(9)8(10)5-6/h3-5H,1-2H3. The van der Waals surface area contributed by atoms with E-state index < -0.39 is 5.82 Å². The molecule has 0 fully saturated rings. The van der Waals surface area contributed by atoms with Crippen molar-refractivity contribution < 1.29 is 9.23 Å². The molecule has 12 heavy (non-hydrogen) atoms. The second-order valence-electron chi connectivity index (χ2n) is 2.48. The van der Waals surface area contributed by atoms with Crippen molar-refractivity contribution in [3.05, 3.63) is 29.0 Å². The third-order valence-corrected chi connectivity index (χ3v) is 1.49. The summed E-state index contributed by atoms with van der Waals surface area (Å²) in [6.07, 6.45) is 0. The van der Waals surface area contributed by atoms with Gasteiger partial charge in [0.25, 0.3) is 0 Å². The molecule has 0 saturated heterocycles. The van der Waals surface area contributed by atoms with Crippen molar-refractivity contribution in [3.8, 4) is 5.75 Å². The first-order chi connectivity index (χ1) is 5.59. The molecule has 0 saturated carbocycles. The van der Waals surface area contributed by atoms with Crippen molar-refractivity contribution in [2.24, 2.45) is 0 Å². The van der Waals surface area contributed by atoms with Crippen LogP contribution in [0.2, 0.25) is 5.02 Å². The molecule has 0 aromatic heterocycles. The Bertz CT molecular complexity index is 278. The number of benzene rings is 1. The zero-order chi connectivity index (χ0) is 9.14. The topological polar surface area (TPSA) is 12.5 Å². The molecule has 0 atom stereocenters. The minimum atomic E-state index is -0.476. The van der Waals surface area contributed by atoms with Crippen molar-refractivity contribution in [3.63, 3.8) is 0 Å². The fourth-order valence-corrected chi connectivity index (χ4v) is 0.862. The van der Waals surface area contributed by atoms with Gasteiger partial charge >= 0.3 is 0 Å². The average molecular weight is 190 g/mol. The fourth-order valence-electron chi connectivity index (χ4n) is 0.744. The SMILES string of the molecule is CN(C)Oc1ccc(Cl)c(F)c1. The van der Waals surface area contributed by atoms with E-state index in [-0.39, 0.29) is 5.02 Å². The van der Waals surface area contributed by atoms with Crippen LogP contribution in [-0.4, -0.2) is 19.2 Å². The molecular weight excluding hydrogens is 181 g/mol. The molecule has 0 N–H and O–H groups in total. The number of nitrogens with zero attached hydrogens (tertiary/aromatic N) is 1. The van der Waals surface area contributed by atoms with Gasteiger partial charge in [-0.05, 0) is 12.1 Å². The van der Waals surface area contributed by atoms with E-state index in [0.29, 0.717) is 5.75 Å². The monoisotopic (exact) mass is 189 g/mol. The molecule has 0 unspecified atom stereocenters. The minimum Gasteiger partial charge on any atom is -0.406 e. The van der Waals surface area contributed by atoms with Crippen LogP contribution in [0.4, 0.5) is 4.39 Å². The van der Waals surface area contributed by atoms with Gasteiger partial charge in [0.1, 0.15) is 11.6 Å². The van der Waals surface area contributed by atoms with E-state index in [1.807, 2.05) is 0 Å². The van der Waals surface area contributed by atoms with E-state index in [9.17, 15) is 4.39 Å². The van der Waals surface area contributed by atoms with Gasteiger partial charge in [-0.15, -0.1) is 0 Å². The summed E-state index contributed by atoms with van der Waals surface area (Å²) in [5.74, 6) is -0.0436. The van der Waals surface area contributed by atoms with Gasteiger partial charge in [-0.1, -0.05) is 11.6 Å². The molecule has 66 valence electrons. The van der Waals surface area contributed by atoms with Crippen molar-refractivity contribution in [1.82, 2.24) is 5.06 Å². The Kier molecular flexibility index (Phi) is 2.89. The second kappa shape index (κ2) is 3.74. The third-order valence-electron chi connectivity index (χ3n) is 1.18. The lowest BCUT2D eigenvalue weighted by Gasteiger charge is -2.11. The molecule has 0 bridgehead atoms. The van der Waals surface area contributed by atoms with E-state index in [1.54, 1.807) is 20.2 Å². The first kappa shape index (κ1) is 9.29. The largest absolute Gasteiger partial charge is 0.406 e. The Balaban J connectivity index is 2.82. The van der Waals surface area contributed by atoms with Crippen LogP contribution in [0.5, 0.6) is 5.75 Å². The lowest BCUT2D eigenvalue weighted by Crippen LogP contribution is -2.16. The van der Waals surface area contributed by atoms with Crippen molar-refractivity contribution in [1.29, 1.82) is 0 Å². The highest BCUT2D eigenvalue weighted by molar-refractivity contribution is 6.30. The van der Waals surface area contributed by atoms with Crippen LogP contribution in [0.3, 0.4) is 0 Å². The van der Waals surface area contributed by atoms with Crippen LogP contribution in [0.1, 0.15) is 0 Å². The predicted octanol–water partition coefficient (Wildman–Crippen LogP) is 2.33.